The molecule has 1 fully saturated rings. The molecule has 4 N–H and O–H groups in total. The van der Waals surface area contributed by atoms with Crippen LogP contribution in [0.2, 0.25) is 5.02 Å². The molecule has 3 aromatic rings. The molecule has 26 heavy (non-hydrogen) atoms. The van der Waals surface area contributed by atoms with E-state index in [9.17, 15) is 5.11 Å². The molecule has 136 valence electrons. The van der Waals surface area contributed by atoms with E-state index < -0.39 is 6.10 Å². The molecule has 0 radical (unpaired) electrons. The molecule has 0 spiro atoms. The zero-order chi connectivity index (χ0) is 18.3. The van der Waals surface area contributed by atoms with Crippen molar-refractivity contribution in [3.8, 4) is 0 Å². The Morgan fingerprint density at radius 2 is 2.00 bits per heavy atom. The number of aliphatic hydroxyl groups is 1. The van der Waals surface area contributed by atoms with Gasteiger partial charge in [0.1, 0.15) is 6.33 Å². The number of imidazole rings is 1. The van der Waals surface area contributed by atoms with Crippen LogP contribution < -0.4 is 11.3 Å². The third kappa shape index (κ3) is 2.92. The monoisotopic (exact) mass is 372 g/mol. The predicted octanol–water partition coefficient (Wildman–Crippen LogP) is 2.88. The minimum Gasteiger partial charge on any atom is -0.391 e. The van der Waals surface area contributed by atoms with Crippen molar-refractivity contribution in [3.63, 3.8) is 0 Å². The Balaban J connectivity index is 1.60. The van der Waals surface area contributed by atoms with Crippen LogP contribution in [0.5, 0.6) is 0 Å². The van der Waals surface area contributed by atoms with E-state index in [0.29, 0.717) is 28.8 Å². The summed E-state index contributed by atoms with van der Waals surface area (Å²) >= 11 is 5.99. The molecule has 8 heteroatoms. The Labute approximate surface area is 156 Å². The molecule has 4 atom stereocenters. The van der Waals surface area contributed by atoms with E-state index in [1.54, 1.807) is 6.33 Å². The number of benzene rings is 1. The Hall–Kier alpha value is -2.22. The molecule has 2 heterocycles. The summed E-state index contributed by atoms with van der Waals surface area (Å²) in [4.78, 5) is 12.8. The van der Waals surface area contributed by atoms with Crippen LogP contribution >= 0.6 is 11.6 Å². The lowest BCUT2D eigenvalue weighted by Crippen LogP contribution is -2.18. The standard InChI is InChI=1S/C18H21ClN6O/c1-10(11-2-4-13(19)5-3-11)12-6-14(15(26)7-12)25-9-23-16-17(24-20)21-8-22-18(16)25/h2-5,8-10,12,14-15,26H,6-7,20H2,1H3,(H,21,22,24)/t10-,12+,14-,15-/m1/s1. The highest BCUT2D eigenvalue weighted by atomic mass is 35.5. The molecule has 1 aliphatic rings. The summed E-state index contributed by atoms with van der Waals surface area (Å²) in [7, 11) is 0. The number of nitrogens with two attached hydrogens (primary N) is 1. The minimum atomic E-state index is -0.448. The number of halogens is 1. The molecule has 1 saturated carbocycles. The second-order valence-corrected chi connectivity index (χ2v) is 7.33. The van der Waals surface area contributed by atoms with Crippen molar-refractivity contribution in [1.29, 1.82) is 0 Å². The van der Waals surface area contributed by atoms with Crippen molar-refractivity contribution in [2.45, 2.75) is 37.8 Å². The van der Waals surface area contributed by atoms with E-state index in [-0.39, 0.29) is 6.04 Å². The Morgan fingerprint density at radius 1 is 1.23 bits per heavy atom. The molecule has 0 amide bonds. The normalized spacial score (nSPS) is 24.1. The zero-order valence-corrected chi connectivity index (χ0v) is 15.1. The topological polar surface area (TPSA) is 102 Å². The number of nitrogens with zero attached hydrogens (tertiary/aromatic N) is 4. The summed E-state index contributed by atoms with van der Waals surface area (Å²) in [5.41, 5.74) is 5.06. The third-order valence-electron chi connectivity index (χ3n) is 5.49. The fraction of sp³-hybridized carbons (Fsp3) is 0.389. The molecular formula is C18H21ClN6O. The first-order valence-corrected chi connectivity index (χ1v) is 9.04. The lowest BCUT2D eigenvalue weighted by atomic mass is 9.86. The summed E-state index contributed by atoms with van der Waals surface area (Å²) < 4.78 is 1.94. The average molecular weight is 373 g/mol. The van der Waals surface area contributed by atoms with Gasteiger partial charge in [-0.05, 0) is 42.4 Å². The third-order valence-corrected chi connectivity index (χ3v) is 5.74. The summed E-state index contributed by atoms with van der Waals surface area (Å²) in [6, 6.07) is 7.88. The minimum absolute atomic E-state index is 0.0692. The molecule has 1 aliphatic carbocycles. The predicted molar refractivity (Wildman–Crippen MR) is 101 cm³/mol. The van der Waals surface area contributed by atoms with Crippen molar-refractivity contribution in [3.05, 3.63) is 47.5 Å². The number of aliphatic hydroxyl groups excluding tert-OH is 1. The molecule has 1 aromatic carbocycles. The van der Waals surface area contributed by atoms with Gasteiger partial charge in [0.05, 0.1) is 18.5 Å². The zero-order valence-electron chi connectivity index (χ0n) is 14.4. The highest BCUT2D eigenvalue weighted by molar-refractivity contribution is 6.30. The molecule has 0 bridgehead atoms. The number of aromatic nitrogens is 4. The first-order chi connectivity index (χ1) is 12.6. The molecule has 0 aliphatic heterocycles. The van der Waals surface area contributed by atoms with Crippen LogP contribution in [-0.2, 0) is 0 Å². The highest BCUT2D eigenvalue weighted by Gasteiger charge is 2.38. The SMILES string of the molecule is C[C@H](c1ccc(Cl)cc1)[C@@H]1C[C@@H](O)[C@H](n2cnc3c(NN)ncnc32)C1. The highest BCUT2D eigenvalue weighted by Crippen LogP contribution is 2.43. The van der Waals surface area contributed by atoms with Crippen LogP contribution in [0.15, 0.2) is 36.9 Å². The molecule has 7 nitrogen and oxygen atoms in total. The smallest absolute Gasteiger partial charge is 0.171 e. The number of rotatable bonds is 4. The number of nitrogens with one attached hydrogen (secondary N) is 1. The summed E-state index contributed by atoms with van der Waals surface area (Å²) in [5.74, 6) is 6.67. The molecule has 4 rings (SSSR count). The number of anilines is 1. The molecule has 0 unspecified atom stereocenters. The van der Waals surface area contributed by atoms with Gasteiger partial charge in [-0.15, -0.1) is 0 Å². The first kappa shape index (κ1) is 17.2. The van der Waals surface area contributed by atoms with Crippen LogP contribution in [0, 0.1) is 5.92 Å². The van der Waals surface area contributed by atoms with Gasteiger partial charge in [0.25, 0.3) is 0 Å². The van der Waals surface area contributed by atoms with Crippen LogP contribution in [-0.4, -0.2) is 30.7 Å². The summed E-state index contributed by atoms with van der Waals surface area (Å²) in [6.07, 6.45) is 4.30. The lowest BCUT2D eigenvalue weighted by Gasteiger charge is -2.20. The second-order valence-electron chi connectivity index (χ2n) is 6.90. The average Bonchev–Trinajstić information content (AvgIpc) is 3.24. The Kier molecular flexibility index (Phi) is 4.52. The maximum atomic E-state index is 10.7. The van der Waals surface area contributed by atoms with E-state index >= 15 is 0 Å². The van der Waals surface area contributed by atoms with E-state index in [1.807, 2.05) is 16.7 Å². The van der Waals surface area contributed by atoms with Gasteiger partial charge in [0.2, 0.25) is 0 Å². The van der Waals surface area contributed by atoms with Crippen molar-refractivity contribution in [2.75, 3.05) is 5.43 Å². The number of hydrazine groups is 1. The van der Waals surface area contributed by atoms with Gasteiger partial charge in [-0.2, -0.15) is 0 Å². The van der Waals surface area contributed by atoms with Gasteiger partial charge in [-0.1, -0.05) is 30.7 Å². The largest absolute Gasteiger partial charge is 0.391 e. The number of nitrogen functional groups attached to an aromatic ring is 1. The van der Waals surface area contributed by atoms with Gasteiger partial charge in [0, 0.05) is 5.02 Å². The van der Waals surface area contributed by atoms with Gasteiger partial charge >= 0.3 is 0 Å². The fourth-order valence-corrected chi connectivity index (χ4v) is 4.10. The van der Waals surface area contributed by atoms with E-state index in [1.165, 1.54) is 11.9 Å². The Morgan fingerprint density at radius 3 is 2.73 bits per heavy atom. The van der Waals surface area contributed by atoms with E-state index in [0.717, 1.165) is 17.9 Å². The van der Waals surface area contributed by atoms with Gasteiger partial charge < -0.3 is 15.1 Å². The van der Waals surface area contributed by atoms with Crippen molar-refractivity contribution >= 4 is 28.6 Å². The van der Waals surface area contributed by atoms with Crippen LogP contribution in [0.1, 0.15) is 37.3 Å². The lowest BCUT2D eigenvalue weighted by molar-refractivity contribution is 0.135. The van der Waals surface area contributed by atoms with E-state index in [2.05, 4.69) is 39.4 Å². The number of fused-ring (bicyclic) bond motifs is 1. The maximum absolute atomic E-state index is 10.7. The molecular weight excluding hydrogens is 352 g/mol. The van der Waals surface area contributed by atoms with E-state index in [4.69, 9.17) is 17.4 Å². The van der Waals surface area contributed by atoms with Crippen LogP contribution in [0.4, 0.5) is 5.82 Å². The fourth-order valence-electron chi connectivity index (χ4n) is 3.98. The van der Waals surface area contributed by atoms with Crippen LogP contribution in [0.3, 0.4) is 0 Å². The second kappa shape index (κ2) is 6.83. The van der Waals surface area contributed by atoms with Crippen molar-refractivity contribution in [1.82, 2.24) is 19.5 Å². The molecule has 2 aromatic heterocycles. The van der Waals surface area contributed by atoms with Crippen molar-refractivity contribution in [2.24, 2.45) is 11.8 Å². The van der Waals surface area contributed by atoms with Gasteiger partial charge in [0.15, 0.2) is 17.0 Å². The number of hydrogen-bond donors (Lipinski definition) is 3. The molecule has 0 saturated heterocycles. The first-order valence-electron chi connectivity index (χ1n) is 8.66. The summed E-state index contributed by atoms with van der Waals surface area (Å²) in [6.45, 7) is 2.20. The summed E-state index contributed by atoms with van der Waals surface area (Å²) in [5, 5.41) is 11.4. The number of hydrogen-bond acceptors (Lipinski definition) is 6. The quantitative estimate of drug-likeness (QED) is 0.480. The van der Waals surface area contributed by atoms with Gasteiger partial charge in [-0.3, -0.25) is 0 Å². The maximum Gasteiger partial charge on any atom is 0.171 e. The van der Waals surface area contributed by atoms with Crippen molar-refractivity contribution < 1.29 is 5.11 Å². The van der Waals surface area contributed by atoms with Crippen LogP contribution in [0.25, 0.3) is 11.2 Å². The van der Waals surface area contributed by atoms with Gasteiger partial charge in [-0.25, -0.2) is 20.8 Å². The Bertz CT molecular complexity index is 912.